The third-order valence-corrected chi connectivity index (χ3v) is 10.9. The summed E-state index contributed by atoms with van der Waals surface area (Å²) < 4.78 is 347. The second-order valence-electron chi connectivity index (χ2n) is 15.9. The normalized spacial score (nSPS) is 13.3. The van der Waals surface area contributed by atoms with Crippen LogP contribution in [-0.4, -0.2) is 29.0 Å². The van der Waals surface area contributed by atoms with Gasteiger partial charge >= 0.3 is 61.1 Å². The molecule has 30 heteroatoms. The average molecular weight is 1110 g/mol. The monoisotopic (exact) mass is 1110 g/mol. The van der Waals surface area contributed by atoms with Gasteiger partial charge in [-0.3, -0.25) is 4.98 Å². The van der Waals surface area contributed by atoms with Crippen LogP contribution in [0.3, 0.4) is 0 Å². The molecule has 0 atom stereocenters. The Bertz CT molecular complexity index is 2570. The van der Waals surface area contributed by atoms with E-state index in [4.69, 9.17) is 5.11 Å². The Labute approximate surface area is 403 Å². The molecule has 0 spiro atoms. The van der Waals surface area contributed by atoms with Crippen LogP contribution in [0.5, 0.6) is 0 Å². The molecule has 0 unspecified atom stereocenters. The van der Waals surface area contributed by atoms with Gasteiger partial charge in [-0.1, -0.05) is 78.9 Å². The number of alkyl halides is 24. The third kappa shape index (κ3) is 13.8. The molecule has 1 aromatic heterocycles. The molecule has 1 heterocycles. The molecule has 5 nitrogen and oxygen atoms in total. The van der Waals surface area contributed by atoms with E-state index in [1.165, 1.54) is 6.20 Å². The maximum Gasteiger partial charge on any atom is 0.416 e. The molecule has 0 aliphatic heterocycles. The molecule has 75 heavy (non-hydrogen) atoms. The van der Waals surface area contributed by atoms with Gasteiger partial charge in [0.25, 0.3) is 0 Å². The molecule has 0 amide bonds. The maximum absolute atomic E-state index is 14.2. The van der Waals surface area contributed by atoms with Crippen LogP contribution >= 0.6 is 0 Å². The van der Waals surface area contributed by atoms with Gasteiger partial charge in [-0.15, -0.1) is 0 Å². The lowest BCUT2D eigenvalue weighted by molar-refractivity contribution is -0.691. The second kappa shape index (κ2) is 20.6. The minimum atomic E-state index is -6.13. The number of hydrogen-bond donors (Lipinski definition) is 1. The third-order valence-electron chi connectivity index (χ3n) is 10.9. The number of carbonyl (C=O) groups is 1. The Morgan fingerprint density at radius 1 is 0.440 bits per heavy atom. The van der Waals surface area contributed by atoms with Gasteiger partial charge in [0.1, 0.15) is 12.3 Å². The van der Waals surface area contributed by atoms with E-state index in [9.17, 15) is 110 Å². The van der Waals surface area contributed by atoms with Crippen molar-refractivity contribution in [3.8, 4) is 0 Å². The highest BCUT2D eigenvalue weighted by Gasteiger charge is 2.47. The first-order chi connectivity index (χ1) is 34.1. The van der Waals surface area contributed by atoms with E-state index in [2.05, 4.69) is 9.72 Å². The number of benzene rings is 5. The lowest BCUT2D eigenvalue weighted by Crippen LogP contribution is -2.75. The summed E-state index contributed by atoms with van der Waals surface area (Å²) in [5, 5.41) is 8.61. The molecular formula is C45H25BF24N2O3. The van der Waals surface area contributed by atoms with Crippen LogP contribution in [0, 0.1) is 0 Å². The molecule has 0 aliphatic rings. The molecule has 0 aliphatic carbocycles. The number of aromatic nitrogens is 2. The van der Waals surface area contributed by atoms with E-state index in [1.54, 1.807) is 17.0 Å². The maximum atomic E-state index is 14.2. The summed E-state index contributed by atoms with van der Waals surface area (Å²) in [6.45, 7) is -0.0989. The number of aliphatic hydroxyl groups excluding tert-OH is 1. The fourth-order valence-electron chi connectivity index (χ4n) is 7.68. The molecule has 404 valence electrons. The SMILES string of the molecule is FC(F)(F)c1cc([B-](c2cc(C(F)(F)F)cc(C(F)(F)F)c2)(c2cc(C(F)(F)F)cc(C(F)(F)F)c2)c2cc(C(F)(F)F)cc(C(F)(F)F)c2)cc(C(F)(F)F)c1.O=C(OCO)c1cncc[n+]1Cc1ccccc1. The van der Waals surface area contributed by atoms with Crippen LogP contribution in [0.15, 0.2) is 122 Å². The van der Waals surface area contributed by atoms with Gasteiger partial charge in [0.15, 0.2) is 19.5 Å². The van der Waals surface area contributed by atoms with Crippen molar-refractivity contribution in [1.82, 2.24) is 4.98 Å². The minimum absolute atomic E-state index is 0.301. The largest absolute Gasteiger partial charge is 0.431 e. The van der Waals surface area contributed by atoms with Crippen LogP contribution in [0.2, 0.25) is 0 Å². The Hall–Kier alpha value is -7.01. The Morgan fingerprint density at radius 3 is 0.947 bits per heavy atom. The van der Waals surface area contributed by atoms with Gasteiger partial charge in [-0.05, 0) is 24.3 Å². The summed E-state index contributed by atoms with van der Waals surface area (Å²) in [5.74, 6) is -0.596. The van der Waals surface area contributed by atoms with Gasteiger partial charge in [-0.2, -0.15) is 132 Å². The number of nitrogens with zero attached hydrogens (tertiary/aromatic N) is 2. The summed E-state index contributed by atoms with van der Waals surface area (Å²) in [7, 11) is 0. The fraction of sp³-hybridized carbons (Fsp3) is 0.222. The fourth-order valence-corrected chi connectivity index (χ4v) is 7.68. The van der Waals surface area contributed by atoms with Crippen LogP contribution in [0.25, 0.3) is 0 Å². The quantitative estimate of drug-likeness (QED) is 0.0542. The predicted octanol–water partition coefficient (Wildman–Crippen LogP) is 11.7. The zero-order chi connectivity index (χ0) is 56.7. The van der Waals surface area contributed by atoms with E-state index in [0.29, 0.717) is 12.2 Å². The summed E-state index contributed by atoms with van der Waals surface area (Å²) >= 11 is 0. The second-order valence-corrected chi connectivity index (χ2v) is 15.9. The van der Waals surface area contributed by atoms with Crippen molar-refractivity contribution in [3.05, 3.63) is 177 Å². The average Bonchev–Trinajstić information content (AvgIpc) is 3.27. The molecular weight excluding hydrogens is 1080 g/mol. The van der Waals surface area contributed by atoms with Crippen LogP contribution < -0.4 is 26.4 Å². The van der Waals surface area contributed by atoms with Crippen molar-refractivity contribution in [2.45, 2.75) is 56.0 Å². The molecule has 1 N–H and O–H groups in total. The lowest BCUT2D eigenvalue weighted by Gasteiger charge is -2.46. The van der Waals surface area contributed by atoms with Gasteiger partial charge < -0.3 is 9.84 Å². The van der Waals surface area contributed by atoms with Crippen molar-refractivity contribution >= 4 is 34.0 Å². The van der Waals surface area contributed by atoms with Crippen molar-refractivity contribution < 1.29 is 125 Å². The number of aliphatic hydroxyl groups is 1. The molecule has 0 radical (unpaired) electrons. The van der Waals surface area contributed by atoms with Gasteiger partial charge in [0.2, 0.25) is 0 Å². The highest BCUT2D eigenvalue weighted by atomic mass is 19.4. The predicted molar refractivity (Wildman–Crippen MR) is 213 cm³/mol. The highest BCUT2D eigenvalue weighted by Crippen LogP contribution is 2.41. The van der Waals surface area contributed by atoms with Crippen LogP contribution in [-0.2, 0) is 60.7 Å². The number of hydrogen-bond acceptors (Lipinski definition) is 4. The summed E-state index contributed by atoms with van der Waals surface area (Å²) in [5.41, 5.74) is -28.8. The van der Waals surface area contributed by atoms with Crippen molar-refractivity contribution in [1.29, 1.82) is 0 Å². The minimum Gasteiger partial charge on any atom is -0.431 e. The van der Waals surface area contributed by atoms with E-state index < -0.39 is 207 Å². The molecule has 0 bridgehead atoms. The Balaban J connectivity index is 0.000000483. The number of carbonyl (C=O) groups excluding carboxylic acids is 1. The highest BCUT2D eigenvalue weighted by molar-refractivity contribution is 7.20. The first-order valence-electron chi connectivity index (χ1n) is 20.1. The number of rotatable bonds is 8. The topological polar surface area (TPSA) is 63.3 Å². The van der Waals surface area contributed by atoms with E-state index in [0.717, 1.165) is 5.56 Å². The summed E-state index contributed by atoms with van der Waals surface area (Å²) in [6.07, 6.45) is -50.1. The van der Waals surface area contributed by atoms with Gasteiger partial charge in [0, 0.05) is 5.56 Å². The van der Waals surface area contributed by atoms with Crippen molar-refractivity contribution in [2.75, 3.05) is 6.79 Å². The standard InChI is InChI=1S/C32H12BF24.C13H13N2O3/c34-25(35,36)13-1-14(26(37,38)39)6-21(5-13)33(22-7-15(27(40,41)42)2-16(8-22)28(43,44)45,23-9-17(29(46,47)48)3-18(10-23)30(49,50)51)24-11-19(31(52,53)54)4-20(12-24)32(55,56)57;16-10-18-13(17)12-8-14-6-7-15(12)9-11-4-2-1-3-5-11/h1-12H;1-8,16H,9-10H2/q-1;+1. The summed E-state index contributed by atoms with van der Waals surface area (Å²) in [6, 6.07) is 0.922. The first-order valence-corrected chi connectivity index (χ1v) is 20.1. The molecule has 0 saturated heterocycles. The van der Waals surface area contributed by atoms with Crippen LogP contribution in [0.4, 0.5) is 105 Å². The molecule has 6 rings (SSSR count). The smallest absolute Gasteiger partial charge is 0.416 e. The number of esters is 1. The lowest BCUT2D eigenvalue weighted by atomic mass is 9.12. The van der Waals surface area contributed by atoms with E-state index in [1.807, 2.05) is 30.3 Å². The zero-order valence-electron chi connectivity index (χ0n) is 36.3. The molecule has 0 fully saturated rings. The molecule has 5 aromatic carbocycles. The van der Waals surface area contributed by atoms with E-state index >= 15 is 0 Å². The van der Waals surface area contributed by atoms with Crippen LogP contribution in [0.1, 0.15) is 60.6 Å². The van der Waals surface area contributed by atoms with E-state index in [-0.39, 0.29) is 0 Å². The Morgan fingerprint density at radius 2 is 0.707 bits per heavy atom. The number of ether oxygens (including phenoxy) is 1. The first kappa shape index (κ1) is 58.9. The van der Waals surface area contributed by atoms with Crippen molar-refractivity contribution in [2.24, 2.45) is 0 Å². The number of halogens is 24. The van der Waals surface area contributed by atoms with Gasteiger partial charge in [-0.25, -0.2) is 4.79 Å². The summed E-state index contributed by atoms with van der Waals surface area (Å²) in [4.78, 5) is 15.5. The molecule has 6 aromatic rings. The zero-order valence-corrected chi connectivity index (χ0v) is 36.3. The Kier molecular flexibility index (Phi) is 16.2. The molecule has 0 saturated carbocycles. The van der Waals surface area contributed by atoms with Gasteiger partial charge in [0.05, 0.1) is 50.7 Å². The van der Waals surface area contributed by atoms with Crippen molar-refractivity contribution in [3.63, 3.8) is 0 Å².